The van der Waals surface area contributed by atoms with Crippen molar-refractivity contribution in [2.75, 3.05) is 36.4 Å². The fraction of sp³-hybridized carbons (Fsp3) is 0.533. The van der Waals surface area contributed by atoms with Gasteiger partial charge >= 0.3 is 0 Å². The van der Waals surface area contributed by atoms with Gasteiger partial charge in [0.25, 0.3) is 0 Å². The van der Waals surface area contributed by atoms with Crippen LogP contribution in [0.15, 0.2) is 48.5 Å². The number of hydrogen-bond acceptors (Lipinski definition) is 3. The Bertz CT molecular complexity index is 1010. The number of rotatable bonds is 8. The molecule has 2 aromatic rings. The van der Waals surface area contributed by atoms with Crippen molar-refractivity contribution in [2.45, 2.75) is 64.7 Å². The number of hydrogen-bond donors (Lipinski definition) is 1. The second kappa shape index (κ2) is 12.4. The molecule has 2 amide bonds. The van der Waals surface area contributed by atoms with Crippen molar-refractivity contribution in [1.82, 2.24) is 4.90 Å². The van der Waals surface area contributed by atoms with Crippen LogP contribution in [0.2, 0.25) is 0 Å². The lowest BCUT2D eigenvalue weighted by molar-refractivity contribution is -0.135. The van der Waals surface area contributed by atoms with Crippen LogP contribution in [0.5, 0.6) is 0 Å². The minimum atomic E-state index is -0.320. The predicted octanol–water partition coefficient (Wildman–Crippen LogP) is 6.21. The number of benzene rings is 2. The normalized spacial score (nSPS) is 17.8. The van der Waals surface area contributed by atoms with E-state index in [0.717, 1.165) is 57.2 Å². The number of nitrogens with zero attached hydrogens (tertiary/aromatic N) is 2. The average molecular weight is 494 g/mol. The lowest BCUT2D eigenvalue weighted by Crippen LogP contribution is -2.44. The van der Waals surface area contributed by atoms with Crippen LogP contribution in [0, 0.1) is 17.7 Å². The molecule has 1 unspecified atom stereocenters. The predicted molar refractivity (Wildman–Crippen MR) is 144 cm³/mol. The molecule has 2 saturated heterocycles. The van der Waals surface area contributed by atoms with Gasteiger partial charge in [-0.05, 0) is 74.6 Å². The van der Waals surface area contributed by atoms with E-state index in [-0.39, 0.29) is 35.4 Å². The molecule has 2 fully saturated rings. The summed E-state index contributed by atoms with van der Waals surface area (Å²) in [5, 5.41) is 2.86. The Hall–Kier alpha value is -2.89. The van der Waals surface area contributed by atoms with Gasteiger partial charge in [0.05, 0.1) is 11.6 Å². The maximum Gasteiger partial charge on any atom is 0.230 e. The van der Waals surface area contributed by atoms with Gasteiger partial charge in [0.2, 0.25) is 11.8 Å². The molecule has 0 aliphatic carbocycles. The molecular weight excluding hydrogens is 453 g/mol. The van der Waals surface area contributed by atoms with Gasteiger partial charge in [-0.25, -0.2) is 4.39 Å². The Morgan fingerprint density at radius 3 is 2.22 bits per heavy atom. The number of anilines is 2. The number of piperidine rings is 2. The van der Waals surface area contributed by atoms with Crippen molar-refractivity contribution in [3.05, 3.63) is 59.9 Å². The molecule has 0 aromatic heterocycles. The van der Waals surface area contributed by atoms with Crippen LogP contribution < -0.4 is 10.2 Å². The van der Waals surface area contributed by atoms with E-state index >= 15 is 4.39 Å². The lowest BCUT2D eigenvalue weighted by atomic mass is 9.78. The highest BCUT2D eigenvalue weighted by atomic mass is 19.1. The highest BCUT2D eigenvalue weighted by molar-refractivity contribution is 5.92. The SMILES string of the molecule is CCC(CC)C(=O)Nc1ccc(N2CCC(C(C(=O)N3CCCCC3)c3ccccc3)CC2)c(F)c1. The molecule has 6 heteroatoms. The second-order valence-corrected chi connectivity index (χ2v) is 10.3. The van der Waals surface area contributed by atoms with E-state index in [2.05, 4.69) is 27.2 Å². The van der Waals surface area contributed by atoms with Crippen LogP contribution in [0.4, 0.5) is 15.8 Å². The number of carbonyl (C=O) groups is 2. The molecule has 0 saturated carbocycles. The largest absolute Gasteiger partial charge is 0.369 e. The number of amides is 2. The van der Waals surface area contributed by atoms with Gasteiger partial charge in [0, 0.05) is 37.8 Å². The summed E-state index contributed by atoms with van der Waals surface area (Å²) in [7, 11) is 0. The van der Waals surface area contributed by atoms with E-state index in [9.17, 15) is 9.59 Å². The molecule has 5 nitrogen and oxygen atoms in total. The molecule has 2 aliphatic rings. The van der Waals surface area contributed by atoms with Crippen LogP contribution in [0.1, 0.15) is 70.3 Å². The number of likely N-dealkylation sites (tertiary alicyclic amines) is 1. The van der Waals surface area contributed by atoms with Crippen LogP contribution >= 0.6 is 0 Å². The molecule has 194 valence electrons. The Balaban J connectivity index is 1.43. The van der Waals surface area contributed by atoms with Gasteiger partial charge in [0.15, 0.2) is 0 Å². The van der Waals surface area contributed by atoms with Crippen molar-refractivity contribution < 1.29 is 14.0 Å². The number of nitrogens with one attached hydrogen (secondary N) is 1. The van der Waals surface area contributed by atoms with Crippen molar-refractivity contribution in [2.24, 2.45) is 11.8 Å². The molecule has 2 aromatic carbocycles. The molecular formula is C30H40FN3O2. The maximum atomic E-state index is 15.1. The number of carbonyl (C=O) groups excluding carboxylic acids is 2. The topological polar surface area (TPSA) is 52.7 Å². The summed E-state index contributed by atoms with van der Waals surface area (Å²) in [5.74, 6) is -0.0863. The summed E-state index contributed by atoms with van der Waals surface area (Å²) in [6.45, 7) is 7.10. The molecule has 1 atom stereocenters. The van der Waals surface area contributed by atoms with Crippen LogP contribution in [0.25, 0.3) is 0 Å². The summed E-state index contributed by atoms with van der Waals surface area (Å²) >= 11 is 0. The zero-order chi connectivity index (χ0) is 25.5. The van der Waals surface area contributed by atoms with Crippen LogP contribution in [-0.4, -0.2) is 42.9 Å². The molecule has 1 N–H and O–H groups in total. The minimum absolute atomic E-state index is 0.0571. The monoisotopic (exact) mass is 493 g/mol. The lowest BCUT2D eigenvalue weighted by Gasteiger charge is -2.39. The van der Waals surface area contributed by atoms with Crippen molar-refractivity contribution in [3.8, 4) is 0 Å². The molecule has 2 aliphatic heterocycles. The Labute approximate surface area is 215 Å². The quantitative estimate of drug-likeness (QED) is 0.475. The molecule has 2 heterocycles. The number of halogens is 1. The molecule has 0 radical (unpaired) electrons. The van der Waals surface area contributed by atoms with E-state index < -0.39 is 0 Å². The first-order valence-corrected chi connectivity index (χ1v) is 13.7. The summed E-state index contributed by atoms with van der Waals surface area (Å²) in [4.78, 5) is 30.2. The third-order valence-corrected chi connectivity index (χ3v) is 8.02. The average Bonchev–Trinajstić information content (AvgIpc) is 2.91. The van der Waals surface area contributed by atoms with E-state index in [4.69, 9.17) is 0 Å². The first kappa shape index (κ1) is 26.2. The molecule has 0 bridgehead atoms. The van der Waals surface area contributed by atoms with E-state index in [1.165, 1.54) is 12.5 Å². The van der Waals surface area contributed by atoms with E-state index in [1.807, 2.05) is 32.0 Å². The molecule has 4 rings (SSSR count). The summed E-state index contributed by atoms with van der Waals surface area (Å²) in [5.41, 5.74) is 2.15. The summed E-state index contributed by atoms with van der Waals surface area (Å²) in [6, 6.07) is 15.2. The zero-order valence-electron chi connectivity index (χ0n) is 21.7. The highest BCUT2D eigenvalue weighted by Crippen LogP contribution is 2.37. The first-order valence-electron chi connectivity index (χ1n) is 13.7. The highest BCUT2D eigenvalue weighted by Gasteiger charge is 2.36. The standard InChI is InChI=1S/C30H40FN3O2/c1-3-22(4-2)29(35)32-25-13-14-27(26(31)21-25)33-19-15-24(16-20-33)28(23-11-7-5-8-12-23)30(36)34-17-9-6-10-18-34/h5,7-8,11-14,21-22,24,28H,3-4,6,9-10,15-20H2,1-2H3,(H,32,35). The fourth-order valence-corrected chi connectivity index (χ4v) is 5.81. The summed E-state index contributed by atoms with van der Waals surface area (Å²) in [6.07, 6.45) is 6.57. The third kappa shape index (κ3) is 6.08. The van der Waals surface area contributed by atoms with Gasteiger partial charge < -0.3 is 15.1 Å². The van der Waals surface area contributed by atoms with Crippen molar-refractivity contribution in [3.63, 3.8) is 0 Å². The van der Waals surface area contributed by atoms with Gasteiger partial charge in [-0.1, -0.05) is 44.2 Å². The third-order valence-electron chi connectivity index (χ3n) is 8.02. The van der Waals surface area contributed by atoms with E-state index in [1.54, 1.807) is 12.1 Å². The Morgan fingerprint density at radius 2 is 1.61 bits per heavy atom. The van der Waals surface area contributed by atoms with Crippen LogP contribution in [0.3, 0.4) is 0 Å². The summed E-state index contributed by atoms with van der Waals surface area (Å²) < 4.78 is 15.1. The molecule has 36 heavy (non-hydrogen) atoms. The van der Waals surface area contributed by atoms with Gasteiger partial charge in [0.1, 0.15) is 5.82 Å². The van der Waals surface area contributed by atoms with Crippen molar-refractivity contribution in [1.29, 1.82) is 0 Å². The zero-order valence-corrected chi connectivity index (χ0v) is 21.7. The van der Waals surface area contributed by atoms with Crippen LogP contribution in [-0.2, 0) is 9.59 Å². The van der Waals surface area contributed by atoms with Gasteiger partial charge in [-0.3, -0.25) is 9.59 Å². The maximum absolute atomic E-state index is 15.1. The second-order valence-electron chi connectivity index (χ2n) is 10.3. The molecule has 0 spiro atoms. The smallest absolute Gasteiger partial charge is 0.230 e. The van der Waals surface area contributed by atoms with E-state index in [0.29, 0.717) is 24.5 Å². The Kier molecular flexibility index (Phi) is 9.00. The minimum Gasteiger partial charge on any atom is -0.369 e. The fourth-order valence-electron chi connectivity index (χ4n) is 5.81. The van der Waals surface area contributed by atoms with Gasteiger partial charge in [-0.15, -0.1) is 0 Å². The van der Waals surface area contributed by atoms with Crippen molar-refractivity contribution >= 4 is 23.2 Å². The van der Waals surface area contributed by atoms with Gasteiger partial charge in [-0.2, -0.15) is 0 Å². The first-order chi connectivity index (χ1) is 17.5. The Morgan fingerprint density at radius 1 is 0.944 bits per heavy atom.